The molecule has 2 aromatic carbocycles. The van der Waals surface area contributed by atoms with Crippen LogP contribution in [0.4, 0.5) is 23.2 Å². The van der Waals surface area contributed by atoms with Crippen molar-refractivity contribution in [1.82, 2.24) is 0 Å². The Labute approximate surface area is 118 Å². The molecule has 1 N–H and O–H groups in total. The quantitative estimate of drug-likeness (QED) is 0.855. The third-order valence-corrected chi connectivity index (χ3v) is 2.92. The van der Waals surface area contributed by atoms with Gasteiger partial charge in [0, 0.05) is 6.54 Å². The molecule has 0 aliphatic rings. The minimum atomic E-state index is -4.46. The summed E-state index contributed by atoms with van der Waals surface area (Å²) in [5, 5.41) is 11.5. The Morgan fingerprint density at radius 3 is 2.43 bits per heavy atom. The molecule has 0 saturated carbocycles. The van der Waals surface area contributed by atoms with Gasteiger partial charge in [0.1, 0.15) is 17.4 Å². The number of alkyl halides is 3. The molecule has 0 aliphatic carbocycles. The molecule has 0 bridgehead atoms. The smallest absolute Gasteiger partial charge is 0.380 e. The first-order valence-corrected chi connectivity index (χ1v) is 6.01. The average molecular weight is 294 g/mol. The molecule has 6 heteroatoms. The van der Waals surface area contributed by atoms with Gasteiger partial charge < -0.3 is 5.32 Å². The van der Waals surface area contributed by atoms with Crippen molar-refractivity contribution in [2.75, 3.05) is 5.32 Å². The first kappa shape index (κ1) is 14.9. The van der Waals surface area contributed by atoms with Gasteiger partial charge in [-0.3, -0.25) is 0 Å². The van der Waals surface area contributed by atoms with Crippen LogP contribution in [-0.4, -0.2) is 0 Å². The van der Waals surface area contributed by atoms with Gasteiger partial charge in [0.15, 0.2) is 0 Å². The third-order valence-electron chi connectivity index (χ3n) is 2.92. The Hall–Kier alpha value is -2.55. The second kappa shape index (κ2) is 5.83. The van der Waals surface area contributed by atoms with Crippen LogP contribution in [0.5, 0.6) is 0 Å². The van der Waals surface area contributed by atoms with Crippen molar-refractivity contribution >= 4 is 5.69 Å². The molecule has 108 valence electrons. The van der Waals surface area contributed by atoms with E-state index >= 15 is 0 Å². The Morgan fingerprint density at radius 2 is 1.76 bits per heavy atom. The van der Waals surface area contributed by atoms with Gasteiger partial charge in [-0.2, -0.15) is 18.4 Å². The predicted molar refractivity (Wildman–Crippen MR) is 69.9 cm³/mol. The fourth-order valence-corrected chi connectivity index (χ4v) is 1.93. The van der Waals surface area contributed by atoms with Gasteiger partial charge in [-0.05, 0) is 23.8 Å². The summed E-state index contributed by atoms with van der Waals surface area (Å²) in [5.41, 5.74) is -0.790. The van der Waals surface area contributed by atoms with Crippen molar-refractivity contribution in [1.29, 1.82) is 5.26 Å². The van der Waals surface area contributed by atoms with Crippen molar-refractivity contribution in [2.45, 2.75) is 12.7 Å². The number of hydrogen-bond donors (Lipinski definition) is 1. The highest BCUT2D eigenvalue weighted by Crippen LogP contribution is 2.32. The lowest BCUT2D eigenvalue weighted by Crippen LogP contribution is -2.12. The highest BCUT2D eigenvalue weighted by Gasteiger charge is 2.32. The van der Waals surface area contributed by atoms with Gasteiger partial charge in [0.25, 0.3) is 0 Å². The predicted octanol–water partition coefficient (Wildman–Crippen LogP) is 4.33. The number of rotatable bonds is 3. The molecule has 0 heterocycles. The fourth-order valence-electron chi connectivity index (χ4n) is 1.93. The fraction of sp³-hybridized carbons (Fsp3) is 0.133. The van der Waals surface area contributed by atoms with Gasteiger partial charge >= 0.3 is 6.18 Å². The van der Waals surface area contributed by atoms with E-state index in [0.29, 0.717) is 0 Å². The van der Waals surface area contributed by atoms with E-state index in [9.17, 15) is 17.6 Å². The van der Waals surface area contributed by atoms with Gasteiger partial charge in [-0.1, -0.05) is 24.3 Å². The Balaban J connectivity index is 2.26. The third kappa shape index (κ3) is 3.31. The van der Waals surface area contributed by atoms with Crippen LogP contribution in [0.3, 0.4) is 0 Å². The van der Waals surface area contributed by atoms with E-state index in [2.05, 4.69) is 5.32 Å². The normalized spacial score (nSPS) is 11.0. The topological polar surface area (TPSA) is 35.8 Å². The lowest BCUT2D eigenvalue weighted by Gasteiger charge is -2.14. The highest BCUT2D eigenvalue weighted by molar-refractivity contribution is 5.58. The van der Waals surface area contributed by atoms with Crippen LogP contribution in [0.25, 0.3) is 0 Å². The van der Waals surface area contributed by atoms with E-state index < -0.39 is 17.6 Å². The molecular formula is C15H10F4N2. The van der Waals surface area contributed by atoms with E-state index in [0.717, 1.165) is 12.1 Å². The molecule has 0 unspecified atom stereocenters. The maximum absolute atomic E-state index is 13.4. The number of halogens is 4. The maximum atomic E-state index is 13.4. The van der Waals surface area contributed by atoms with Crippen LogP contribution in [0.2, 0.25) is 0 Å². The monoisotopic (exact) mass is 294 g/mol. The number of anilines is 1. The largest absolute Gasteiger partial charge is 0.416 e. The SMILES string of the molecule is N#Cc1c(F)cccc1NCc1ccccc1C(F)(F)F. The van der Waals surface area contributed by atoms with Crippen molar-refractivity contribution in [3.8, 4) is 6.07 Å². The number of nitriles is 1. The van der Waals surface area contributed by atoms with E-state index in [1.165, 1.54) is 30.3 Å². The number of nitrogens with zero attached hydrogens (tertiary/aromatic N) is 1. The molecule has 21 heavy (non-hydrogen) atoms. The summed E-state index contributed by atoms with van der Waals surface area (Å²) in [5.74, 6) is -0.716. The number of benzene rings is 2. The molecule has 2 aromatic rings. The molecular weight excluding hydrogens is 284 g/mol. The summed E-state index contributed by atoms with van der Waals surface area (Å²) in [6, 6.07) is 10.7. The maximum Gasteiger partial charge on any atom is 0.416 e. The summed E-state index contributed by atoms with van der Waals surface area (Å²) in [6.07, 6.45) is -4.46. The van der Waals surface area contributed by atoms with Gasteiger partial charge in [0.05, 0.1) is 11.3 Å². The average Bonchev–Trinajstić information content (AvgIpc) is 2.44. The second-order valence-corrected chi connectivity index (χ2v) is 4.28. The molecule has 2 nitrogen and oxygen atoms in total. The Morgan fingerprint density at radius 1 is 1.05 bits per heavy atom. The Kier molecular flexibility index (Phi) is 4.13. The summed E-state index contributed by atoms with van der Waals surface area (Å²) in [6.45, 7) is -0.159. The summed E-state index contributed by atoms with van der Waals surface area (Å²) in [4.78, 5) is 0. The Bertz CT molecular complexity index is 687. The molecule has 0 saturated heterocycles. The van der Waals surface area contributed by atoms with Gasteiger partial charge in [-0.25, -0.2) is 4.39 Å². The van der Waals surface area contributed by atoms with E-state index in [4.69, 9.17) is 5.26 Å². The molecule has 0 aliphatic heterocycles. The van der Waals surface area contributed by atoms with E-state index in [1.54, 1.807) is 6.07 Å². The van der Waals surface area contributed by atoms with E-state index in [1.807, 2.05) is 0 Å². The second-order valence-electron chi connectivity index (χ2n) is 4.28. The zero-order valence-electron chi connectivity index (χ0n) is 10.7. The van der Waals surface area contributed by atoms with Crippen LogP contribution in [0, 0.1) is 17.1 Å². The first-order chi connectivity index (χ1) is 9.93. The summed E-state index contributed by atoms with van der Waals surface area (Å²) in [7, 11) is 0. The summed E-state index contributed by atoms with van der Waals surface area (Å²) < 4.78 is 51.9. The highest BCUT2D eigenvalue weighted by atomic mass is 19.4. The van der Waals surface area contributed by atoms with Crippen LogP contribution in [0.15, 0.2) is 42.5 Å². The van der Waals surface area contributed by atoms with Crippen LogP contribution < -0.4 is 5.32 Å². The number of hydrogen-bond acceptors (Lipinski definition) is 2. The molecule has 0 atom stereocenters. The molecule has 2 rings (SSSR count). The summed E-state index contributed by atoms with van der Waals surface area (Å²) >= 11 is 0. The lowest BCUT2D eigenvalue weighted by molar-refractivity contribution is -0.138. The molecule has 0 spiro atoms. The minimum absolute atomic E-state index is 0.0261. The zero-order chi connectivity index (χ0) is 15.5. The molecule has 0 aromatic heterocycles. The lowest BCUT2D eigenvalue weighted by atomic mass is 10.1. The minimum Gasteiger partial charge on any atom is -0.380 e. The van der Waals surface area contributed by atoms with E-state index in [-0.39, 0.29) is 23.4 Å². The van der Waals surface area contributed by atoms with Crippen molar-refractivity contribution in [3.05, 3.63) is 65.0 Å². The molecule has 0 fully saturated rings. The zero-order valence-corrected chi connectivity index (χ0v) is 10.7. The van der Waals surface area contributed by atoms with Gasteiger partial charge in [-0.15, -0.1) is 0 Å². The van der Waals surface area contributed by atoms with Crippen LogP contribution >= 0.6 is 0 Å². The van der Waals surface area contributed by atoms with Crippen LogP contribution in [-0.2, 0) is 12.7 Å². The standard InChI is InChI=1S/C15H10F4N2/c16-13-6-3-7-14(11(13)8-20)21-9-10-4-1-2-5-12(10)15(17,18)19/h1-7,21H,9H2. The molecule has 0 amide bonds. The van der Waals surface area contributed by atoms with Gasteiger partial charge in [0.2, 0.25) is 0 Å². The van der Waals surface area contributed by atoms with Crippen molar-refractivity contribution < 1.29 is 17.6 Å². The molecule has 0 radical (unpaired) electrons. The van der Waals surface area contributed by atoms with Crippen molar-refractivity contribution in [2.24, 2.45) is 0 Å². The number of nitrogens with one attached hydrogen (secondary N) is 1. The van der Waals surface area contributed by atoms with Crippen LogP contribution in [0.1, 0.15) is 16.7 Å². The first-order valence-electron chi connectivity index (χ1n) is 6.01. The van der Waals surface area contributed by atoms with Crippen molar-refractivity contribution in [3.63, 3.8) is 0 Å².